The van der Waals surface area contributed by atoms with E-state index in [1.165, 1.54) is 0 Å². The number of ether oxygens (including phenoxy) is 1. The first-order valence-corrected chi connectivity index (χ1v) is 7.45. The Labute approximate surface area is 129 Å². The van der Waals surface area contributed by atoms with E-state index in [9.17, 15) is 4.79 Å². The van der Waals surface area contributed by atoms with Crippen molar-refractivity contribution in [3.63, 3.8) is 0 Å². The van der Waals surface area contributed by atoms with Crippen LogP contribution in [0.25, 0.3) is 0 Å². The van der Waals surface area contributed by atoms with Gasteiger partial charge >= 0.3 is 0 Å². The lowest BCUT2D eigenvalue weighted by atomic mass is 10.2. The molecule has 0 bridgehead atoms. The van der Waals surface area contributed by atoms with Gasteiger partial charge in [0.2, 0.25) is 0 Å². The van der Waals surface area contributed by atoms with Crippen molar-refractivity contribution in [1.82, 2.24) is 10.6 Å². The quantitative estimate of drug-likeness (QED) is 0.518. The molecule has 4 nitrogen and oxygen atoms in total. The number of rotatable bonds is 7. The lowest BCUT2D eigenvalue weighted by molar-refractivity contribution is 0.0952. The summed E-state index contributed by atoms with van der Waals surface area (Å²) in [5.74, 6) is -0.0470. The van der Waals surface area contributed by atoms with Crippen LogP contribution < -0.4 is 10.6 Å². The molecule has 0 saturated heterocycles. The van der Waals surface area contributed by atoms with E-state index < -0.39 is 0 Å². The van der Waals surface area contributed by atoms with Crippen molar-refractivity contribution in [3.8, 4) is 0 Å². The van der Waals surface area contributed by atoms with Crippen molar-refractivity contribution in [3.05, 3.63) is 31.8 Å². The van der Waals surface area contributed by atoms with Crippen LogP contribution in [-0.4, -0.2) is 39.3 Å². The zero-order valence-electron chi connectivity index (χ0n) is 10.1. The molecule has 18 heavy (non-hydrogen) atoms. The van der Waals surface area contributed by atoms with Gasteiger partial charge in [-0.1, -0.05) is 15.9 Å². The Morgan fingerprint density at radius 1 is 1.39 bits per heavy atom. The van der Waals surface area contributed by atoms with Crippen molar-refractivity contribution in [2.24, 2.45) is 0 Å². The van der Waals surface area contributed by atoms with E-state index >= 15 is 0 Å². The number of benzene rings is 1. The number of hydrogen-bond acceptors (Lipinski definition) is 3. The van der Waals surface area contributed by atoms with E-state index in [0.717, 1.165) is 21.1 Å². The Morgan fingerprint density at radius 3 is 2.89 bits per heavy atom. The Balaban J connectivity index is 2.34. The minimum Gasteiger partial charge on any atom is -0.383 e. The predicted molar refractivity (Wildman–Crippen MR) is 83.9 cm³/mol. The van der Waals surface area contributed by atoms with Crippen molar-refractivity contribution in [2.75, 3.05) is 33.4 Å². The van der Waals surface area contributed by atoms with Gasteiger partial charge < -0.3 is 15.4 Å². The minimum absolute atomic E-state index is 0.0470. The summed E-state index contributed by atoms with van der Waals surface area (Å²) in [5, 5.41) is 6.04. The largest absolute Gasteiger partial charge is 0.383 e. The highest BCUT2D eigenvalue weighted by Gasteiger charge is 2.09. The first-order valence-electron chi connectivity index (χ1n) is 5.58. The number of carbonyl (C=O) groups is 1. The summed E-state index contributed by atoms with van der Waals surface area (Å²) in [5.41, 5.74) is 0.696. The maximum Gasteiger partial charge on any atom is 0.252 e. The fourth-order valence-corrected chi connectivity index (χ4v) is 2.27. The van der Waals surface area contributed by atoms with Crippen LogP contribution in [0.15, 0.2) is 22.7 Å². The number of carbonyl (C=O) groups excluding carboxylic acids is 1. The Hall–Kier alpha value is -0.180. The summed E-state index contributed by atoms with van der Waals surface area (Å²) in [6.45, 7) is 2.81. The van der Waals surface area contributed by atoms with Gasteiger partial charge in [-0.15, -0.1) is 0 Å². The molecule has 6 heteroatoms. The van der Waals surface area contributed by atoms with Crippen LogP contribution in [0, 0.1) is 3.57 Å². The number of halogens is 2. The Bertz CT molecular complexity index is 402. The van der Waals surface area contributed by atoms with E-state index in [1.807, 2.05) is 18.2 Å². The molecule has 0 aliphatic heterocycles. The highest BCUT2D eigenvalue weighted by molar-refractivity contribution is 14.1. The molecule has 0 heterocycles. The summed E-state index contributed by atoms with van der Waals surface area (Å²) in [7, 11) is 1.67. The predicted octanol–water partition coefficient (Wildman–Crippen LogP) is 2.02. The zero-order valence-corrected chi connectivity index (χ0v) is 13.9. The molecule has 0 atom stereocenters. The van der Waals surface area contributed by atoms with Crippen LogP contribution >= 0.6 is 38.5 Å². The molecule has 0 aliphatic carbocycles. The van der Waals surface area contributed by atoms with E-state index in [2.05, 4.69) is 49.2 Å². The van der Waals surface area contributed by atoms with Gasteiger partial charge in [-0.05, 0) is 40.8 Å². The maximum atomic E-state index is 11.9. The molecule has 1 amide bonds. The fraction of sp³-hybridized carbons (Fsp3) is 0.417. The summed E-state index contributed by atoms with van der Waals surface area (Å²) < 4.78 is 6.77. The van der Waals surface area contributed by atoms with Gasteiger partial charge in [-0.25, -0.2) is 0 Å². The second-order valence-corrected chi connectivity index (χ2v) is 5.70. The molecular formula is C12H16BrIN2O2. The standard InChI is InChI=1S/C12H16BrIN2O2/c1-18-7-6-15-4-5-16-12(17)10-8-9(13)2-3-11(10)14/h2-3,8,15H,4-7H2,1H3,(H,16,17). The topological polar surface area (TPSA) is 50.4 Å². The molecule has 1 rings (SSSR count). The normalized spacial score (nSPS) is 10.4. The lowest BCUT2D eigenvalue weighted by Crippen LogP contribution is -2.33. The highest BCUT2D eigenvalue weighted by atomic mass is 127. The molecule has 0 aromatic heterocycles. The maximum absolute atomic E-state index is 11.9. The van der Waals surface area contributed by atoms with E-state index in [4.69, 9.17) is 4.74 Å². The molecule has 0 saturated carbocycles. The average molecular weight is 427 g/mol. The minimum atomic E-state index is -0.0470. The molecule has 0 unspecified atom stereocenters. The Morgan fingerprint density at radius 2 is 2.17 bits per heavy atom. The van der Waals surface area contributed by atoms with Crippen LogP contribution in [0.1, 0.15) is 10.4 Å². The summed E-state index contributed by atoms with van der Waals surface area (Å²) in [6, 6.07) is 5.66. The van der Waals surface area contributed by atoms with Gasteiger partial charge in [-0.2, -0.15) is 0 Å². The SMILES string of the molecule is COCCNCCNC(=O)c1cc(Br)ccc1I. The van der Waals surface area contributed by atoms with Crippen LogP contribution in [0.3, 0.4) is 0 Å². The molecule has 0 spiro atoms. The first kappa shape index (κ1) is 15.9. The van der Waals surface area contributed by atoms with Gasteiger partial charge in [0, 0.05) is 34.8 Å². The zero-order chi connectivity index (χ0) is 13.4. The summed E-state index contributed by atoms with van der Waals surface area (Å²) in [6.07, 6.45) is 0. The molecule has 0 fully saturated rings. The summed E-state index contributed by atoms with van der Waals surface area (Å²) in [4.78, 5) is 11.9. The van der Waals surface area contributed by atoms with Crippen LogP contribution in [-0.2, 0) is 4.74 Å². The smallest absolute Gasteiger partial charge is 0.252 e. The number of nitrogens with one attached hydrogen (secondary N) is 2. The lowest BCUT2D eigenvalue weighted by Gasteiger charge is -2.08. The Kier molecular flexibility index (Phi) is 7.80. The van der Waals surface area contributed by atoms with Crippen LogP contribution in [0.5, 0.6) is 0 Å². The number of amides is 1. The van der Waals surface area contributed by atoms with Crippen LogP contribution in [0.4, 0.5) is 0 Å². The van der Waals surface area contributed by atoms with E-state index in [1.54, 1.807) is 7.11 Å². The van der Waals surface area contributed by atoms with Gasteiger partial charge in [0.05, 0.1) is 12.2 Å². The van der Waals surface area contributed by atoms with Crippen LogP contribution in [0.2, 0.25) is 0 Å². The molecular weight excluding hydrogens is 411 g/mol. The number of methoxy groups -OCH3 is 1. The third kappa shape index (κ3) is 5.64. The molecule has 1 aromatic rings. The van der Waals surface area contributed by atoms with Crippen molar-refractivity contribution in [2.45, 2.75) is 0 Å². The van der Waals surface area contributed by atoms with Gasteiger partial charge in [0.25, 0.3) is 5.91 Å². The van der Waals surface area contributed by atoms with Crippen molar-refractivity contribution in [1.29, 1.82) is 0 Å². The van der Waals surface area contributed by atoms with Gasteiger partial charge in [0.1, 0.15) is 0 Å². The highest BCUT2D eigenvalue weighted by Crippen LogP contribution is 2.18. The number of hydrogen-bond donors (Lipinski definition) is 2. The molecule has 2 N–H and O–H groups in total. The molecule has 100 valence electrons. The van der Waals surface area contributed by atoms with E-state index in [-0.39, 0.29) is 5.91 Å². The monoisotopic (exact) mass is 426 g/mol. The molecule has 0 aliphatic rings. The summed E-state index contributed by atoms with van der Waals surface area (Å²) >= 11 is 5.52. The molecule has 1 aromatic carbocycles. The average Bonchev–Trinajstić information content (AvgIpc) is 2.36. The van der Waals surface area contributed by atoms with Crippen molar-refractivity contribution >= 4 is 44.4 Å². The first-order chi connectivity index (χ1) is 8.65. The fourth-order valence-electron chi connectivity index (χ4n) is 1.33. The van der Waals surface area contributed by atoms with Crippen molar-refractivity contribution < 1.29 is 9.53 Å². The van der Waals surface area contributed by atoms with Gasteiger partial charge in [-0.3, -0.25) is 4.79 Å². The molecule has 0 radical (unpaired) electrons. The third-order valence-electron chi connectivity index (χ3n) is 2.24. The van der Waals surface area contributed by atoms with Gasteiger partial charge in [0.15, 0.2) is 0 Å². The second-order valence-electron chi connectivity index (χ2n) is 3.62. The van der Waals surface area contributed by atoms with E-state index in [0.29, 0.717) is 18.7 Å². The second kappa shape index (κ2) is 8.84. The third-order valence-corrected chi connectivity index (χ3v) is 3.68.